The molecule has 3 aromatic carbocycles. The van der Waals surface area contributed by atoms with E-state index in [-0.39, 0.29) is 12.5 Å². The summed E-state index contributed by atoms with van der Waals surface area (Å²) in [4.78, 5) is 12.3. The van der Waals surface area contributed by atoms with Gasteiger partial charge in [-0.3, -0.25) is 4.79 Å². The normalized spacial score (nSPS) is 10.3. The van der Waals surface area contributed by atoms with Gasteiger partial charge in [0, 0.05) is 0 Å². The van der Waals surface area contributed by atoms with Gasteiger partial charge in [0.15, 0.2) is 0 Å². The number of ether oxygens (including phenoxy) is 2. The number of carbonyl (C=O) groups excluding carboxylic acids is 1. The quantitative estimate of drug-likeness (QED) is 0.439. The summed E-state index contributed by atoms with van der Waals surface area (Å²) in [5.41, 5.74) is 1.17. The number of hydrogen-bond acceptors (Lipinski definition) is 4. The molecule has 0 saturated heterocycles. The third-order valence-corrected chi connectivity index (χ3v) is 4.72. The van der Waals surface area contributed by atoms with E-state index in [1.165, 1.54) is 0 Å². The zero-order valence-corrected chi connectivity index (χ0v) is 17.0. The Balaban J connectivity index is 1.50. The van der Waals surface area contributed by atoms with Crippen LogP contribution in [-0.2, 0) is 4.79 Å². The fourth-order valence-corrected chi connectivity index (χ4v) is 2.90. The number of amides is 1. The molecule has 0 spiro atoms. The molecule has 150 valence electrons. The first-order valence-electron chi connectivity index (χ1n) is 9.01. The number of carbonyl (C=O) groups is 1. The topological polar surface area (TPSA) is 59.6 Å². The summed E-state index contributed by atoms with van der Waals surface area (Å²) in [5, 5.41) is 6.61. The Kier molecular flexibility index (Phi) is 7.61. The number of para-hydroxylation sites is 3. The summed E-state index contributed by atoms with van der Waals surface area (Å²) in [6, 6.07) is 21.9. The minimum absolute atomic E-state index is 0.0332. The van der Waals surface area contributed by atoms with E-state index in [2.05, 4.69) is 10.6 Å². The van der Waals surface area contributed by atoms with Crippen LogP contribution in [0, 0.1) is 0 Å². The van der Waals surface area contributed by atoms with Gasteiger partial charge in [0.25, 0.3) is 0 Å². The lowest BCUT2D eigenvalue weighted by Crippen LogP contribution is -2.22. The van der Waals surface area contributed by atoms with Crippen LogP contribution in [-0.4, -0.2) is 25.7 Å². The molecule has 0 aliphatic carbocycles. The van der Waals surface area contributed by atoms with Gasteiger partial charge in [-0.05, 0) is 36.4 Å². The van der Waals surface area contributed by atoms with Crippen LogP contribution in [0.5, 0.6) is 11.5 Å². The number of halogens is 2. The molecule has 7 heteroatoms. The monoisotopic (exact) mass is 430 g/mol. The van der Waals surface area contributed by atoms with E-state index in [1.807, 2.05) is 42.5 Å². The fourth-order valence-electron chi connectivity index (χ4n) is 2.53. The van der Waals surface area contributed by atoms with Crippen LogP contribution in [0.4, 0.5) is 11.4 Å². The third-order valence-electron chi connectivity index (χ3n) is 3.90. The third kappa shape index (κ3) is 6.31. The zero-order valence-electron chi connectivity index (χ0n) is 15.5. The first-order chi connectivity index (χ1) is 14.1. The molecule has 0 unspecified atom stereocenters. The maximum absolute atomic E-state index is 12.3. The minimum Gasteiger partial charge on any atom is -0.490 e. The Morgan fingerprint density at radius 3 is 2.31 bits per heavy atom. The number of nitrogens with one attached hydrogen (secondary N) is 2. The van der Waals surface area contributed by atoms with E-state index in [1.54, 1.807) is 30.3 Å². The Morgan fingerprint density at radius 1 is 0.793 bits per heavy atom. The van der Waals surface area contributed by atoms with E-state index in [0.717, 1.165) is 5.75 Å². The molecule has 2 N–H and O–H groups in total. The van der Waals surface area contributed by atoms with Crippen molar-refractivity contribution in [2.24, 2.45) is 0 Å². The molecular formula is C22H20Cl2N2O3. The van der Waals surface area contributed by atoms with Crippen molar-refractivity contribution in [3.05, 3.63) is 82.8 Å². The van der Waals surface area contributed by atoms with Crippen LogP contribution in [0.1, 0.15) is 0 Å². The highest BCUT2D eigenvalue weighted by Gasteiger charge is 2.09. The molecule has 1 amide bonds. The molecule has 5 nitrogen and oxygen atoms in total. The highest BCUT2D eigenvalue weighted by Crippen LogP contribution is 2.29. The molecule has 3 aromatic rings. The molecule has 29 heavy (non-hydrogen) atoms. The van der Waals surface area contributed by atoms with Crippen LogP contribution >= 0.6 is 23.2 Å². The standard InChI is InChI=1S/C22H20Cl2N2O3/c23-17-9-6-11-19(22(17)24)25-15-21(27)26-18-10-4-5-12-20(18)29-14-13-28-16-7-2-1-3-8-16/h1-12,25H,13-15H2,(H,26,27). The van der Waals surface area contributed by atoms with E-state index < -0.39 is 0 Å². The second kappa shape index (κ2) is 10.6. The summed E-state index contributed by atoms with van der Waals surface area (Å²) >= 11 is 12.1. The lowest BCUT2D eigenvalue weighted by molar-refractivity contribution is -0.114. The summed E-state index contributed by atoms with van der Waals surface area (Å²) in [6.45, 7) is 0.769. The number of benzene rings is 3. The largest absolute Gasteiger partial charge is 0.490 e. The van der Waals surface area contributed by atoms with Crippen molar-refractivity contribution >= 4 is 40.5 Å². The predicted octanol–water partition coefficient (Wildman–Crippen LogP) is 5.50. The molecule has 0 aromatic heterocycles. The average molecular weight is 431 g/mol. The van der Waals surface area contributed by atoms with Crippen LogP contribution in [0.25, 0.3) is 0 Å². The van der Waals surface area contributed by atoms with Crippen molar-refractivity contribution in [1.29, 1.82) is 0 Å². The van der Waals surface area contributed by atoms with Gasteiger partial charge < -0.3 is 20.1 Å². The van der Waals surface area contributed by atoms with E-state index in [9.17, 15) is 4.79 Å². The highest BCUT2D eigenvalue weighted by atomic mass is 35.5. The van der Waals surface area contributed by atoms with Crippen molar-refractivity contribution in [2.75, 3.05) is 30.4 Å². The molecule has 3 rings (SSSR count). The van der Waals surface area contributed by atoms with Crippen molar-refractivity contribution < 1.29 is 14.3 Å². The van der Waals surface area contributed by atoms with Crippen LogP contribution in [0.15, 0.2) is 72.8 Å². The van der Waals surface area contributed by atoms with Crippen molar-refractivity contribution in [1.82, 2.24) is 0 Å². The highest BCUT2D eigenvalue weighted by molar-refractivity contribution is 6.43. The van der Waals surface area contributed by atoms with Gasteiger partial charge in [-0.25, -0.2) is 0 Å². The number of anilines is 2. The smallest absolute Gasteiger partial charge is 0.243 e. The lowest BCUT2D eigenvalue weighted by atomic mass is 10.3. The summed E-state index contributed by atoms with van der Waals surface area (Å²) in [7, 11) is 0. The van der Waals surface area contributed by atoms with Crippen LogP contribution in [0.3, 0.4) is 0 Å². The van der Waals surface area contributed by atoms with Crippen molar-refractivity contribution in [3.63, 3.8) is 0 Å². The van der Waals surface area contributed by atoms with Gasteiger partial charge in [0.05, 0.1) is 28.0 Å². The molecule has 0 bridgehead atoms. The predicted molar refractivity (Wildman–Crippen MR) is 117 cm³/mol. The molecule has 0 radical (unpaired) electrons. The van der Waals surface area contributed by atoms with Gasteiger partial charge >= 0.3 is 0 Å². The Labute approximate surface area is 179 Å². The maximum Gasteiger partial charge on any atom is 0.243 e. The number of rotatable bonds is 9. The van der Waals surface area contributed by atoms with Gasteiger partial charge in [-0.15, -0.1) is 0 Å². The van der Waals surface area contributed by atoms with E-state index in [4.69, 9.17) is 32.7 Å². The molecule has 0 atom stereocenters. The van der Waals surface area contributed by atoms with Gasteiger partial charge in [0.2, 0.25) is 5.91 Å². The van der Waals surface area contributed by atoms with Gasteiger partial charge in [-0.1, -0.05) is 59.6 Å². The summed E-state index contributed by atoms with van der Waals surface area (Å²) in [6.07, 6.45) is 0. The zero-order chi connectivity index (χ0) is 20.5. The maximum atomic E-state index is 12.3. The SMILES string of the molecule is O=C(CNc1cccc(Cl)c1Cl)Nc1ccccc1OCCOc1ccccc1. The van der Waals surface area contributed by atoms with Crippen molar-refractivity contribution in [2.45, 2.75) is 0 Å². The fraction of sp³-hybridized carbons (Fsp3) is 0.136. The first-order valence-corrected chi connectivity index (χ1v) is 9.76. The molecule has 0 saturated carbocycles. The van der Waals surface area contributed by atoms with Gasteiger partial charge in [0.1, 0.15) is 24.7 Å². The van der Waals surface area contributed by atoms with Crippen LogP contribution < -0.4 is 20.1 Å². The molecule has 0 aliphatic rings. The Morgan fingerprint density at radius 2 is 1.48 bits per heavy atom. The molecule has 0 aliphatic heterocycles. The Hall–Kier alpha value is -2.89. The van der Waals surface area contributed by atoms with Gasteiger partial charge in [-0.2, -0.15) is 0 Å². The molecule has 0 fully saturated rings. The minimum atomic E-state index is -0.238. The number of hydrogen-bond donors (Lipinski definition) is 2. The summed E-state index contributed by atoms with van der Waals surface area (Å²) in [5.74, 6) is 1.11. The average Bonchev–Trinajstić information content (AvgIpc) is 2.74. The Bertz CT molecular complexity index is 952. The summed E-state index contributed by atoms with van der Waals surface area (Å²) < 4.78 is 11.4. The van der Waals surface area contributed by atoms with E-state index in [0.29, 0.717) is 40.4 Å². The van der Waals surface area contributed by atoms with Crippen molar-refractivity contribution in [3.8, 4) is 11.5 Å². The first kappa shape index (κ1) is 20.8. The lowest BCUT2D eigenvalue weighted by Gasteiger charge is -2.14. The molecule has 0 heterocycles. The van der Waals surface area contributed by atoms with Crippen LogP contribution in [0.2, 0.25) is 10.0 Å². The van der Waals surface area contributed by atoms with E-state index >= 15 is 0 Å². The molecular weight excluding hydrogens is 411 g/mol. The second-order valence-corrected chi connectivity index (χ2v) is 6.79. The second-order valence-electron chi connectivity index (χ2n) is 6.01.